The molecule has 0 amide bonds. The molecule has 2 bridgehead atoms. The van der Waals surface area contributed by atoms with E-state index >= 15 is 0 Å². The molecule has 3 N–H and O–H groups in total. The number of hydrogen-bond donors (Lipinski definition) is 3. The molecular formula is C25H28O10. The maximum absolute atomic E-state index is 12.7. The number of esters is 2. The minimum absolute atomic E-state index is 0.0271. The van der Waals surface area contributed by atoms with Crippen molar-refractivity contribution in [1.29, 1.82) is 0 Å². The van der Waals surface area contributed by atoms with Crippen molar-refractivity contribution < 1.29 is 48.7 Å². The zero-order chi connectivity index (χ0) is 25.1. The molecule has 5 rings (SSSR count). The minimum atomic E-state index is -1.86. The molecule has 1 aromatic carbocycles. The third-order valence-electron chi connectivity index (χ3n) is 7.97. The van der Waals surface area contributed by atoms with Gasteiger partial charge in [0.25, 0.3) is 0 Å². The molecule has 0 saturated heterocycles. The quantitative estimate of drug-likeness (QED) is 0.481. The summed E-state index contributed by atoms with van der Waals surface area (Å²) < 4.78 is 22.1. The Morgan fingerprint density at radius 1 is 1.29 bits per heavy atom. The van der Waals surface area contributed by atoms with Crippen LogP contribution in [0.15, 0.2) is 24.0 Å². The summed E-state index contributed by atoms with van der Waals surface area (Å²) in [6.45, 7) is 1.16. The van der Waals surface area contributed by atoms with E-state index in [0.29, 0.717) is 17.9 Å². The molecule has 1 aliphatic heterocycles. The van der Waals surface area contributed by atoms with Crippen LogP contribution in [0.5, 0.6) is 11.5 Å². The van der Waals surface area contributed by atoms with E-state index in [1.54, 1.807) is 6.08 Å². The second-order valence-corrected chi connectivity index (χ2v) is 9.74. The Balaban J connectivity index is 1.42. The largest absolute Gasteiger partial charge is 0.493 e. The predicted octanol–water partition coefficient (Wildman–Crippen LogP) is 1.38. The maximum atomic E-state index is 12.7. The van der Waals surface area contributed by atoms with Gasteiger partial charge in [0.05, 0.1) is 24.5 Å². The van der Waals surface area contributed by atoms with Gasteiger partial charge in [-0.1, -0.05) is 12.5 Å². The lowest BCUT2D eigenvalue weighted by molar-refractivity contribution is -0.170. The van der Waals surface area contributed by atoms with E-state index in [9.17, 15) is 24.6 Å². The molecule has 35 heavy (non-hydrogen) atoms. The number of methoxy groups -OCH3 is 1. The number of carbonyl (C=O) groups is 3. The Morgan fingerprint density at radius 2 is 2.06 bits per heavy atom. The Kier molecular flexibility index (Phi) is 5.56. The first kappa shape index (κ1) is 23.6. The second kappa shape index (κ2) is 8.23. The number of hydrogen-bond acceptors (Lipinski definition) is 9. The van der Waals surface area contributed by atoms with Gasteiger partial charge in [-0.05, 0) is 56.2 Å². The van der Waals surface area contributed by atoms with E-state index in [-0.39, 0.29) is 18.1 Å². The van der Waals surface area contributed by atoms with Gasteiger partial charge in [-0.25, -0.2) is 9.59 Å². The van der Waals surface area contributed by atoms with Crippen LogP contribution in [-0.2, 0) is 35.7 Å². The number of benzene rings is 1. The summed E-state index contributed by atoms with van der Waals surface area (Å²) >= 11 is 0. The lowest BCUT2D eigenvalue weighted by atomic mass is 9.47. The van der Waals surface area contributed by atoms with Gasteiger partial charge in [-0.2, -0.15) is 0 Å². The summed E-state index contributed by atoms with van der Waals surface area (Å²) in [4.78, 5) is 35.4. The van der Waals surface area contributed by atoms with Gasteiger partial charge >= 0.3 is 17.9 Å². The van der Waals surface area contributed by atoms with Gasteiger partial charge in [-0.3, -0.25) is 4.79 Å². The van der Waals surface area contributed by atoms with E-state index in [2.05, 4.69) is 4.74 Å². The van der Waals surface area contributed by atoms with Crippen molar-refractivity contribution >= 4 is 17.9 Å². The Hall–Kier alpha value is -3.11. The maximum Gasteiger partial charge on any atom is 0.344 e. The average molecular weight is 488 g/mol. The Bertz CT molecular complexity index is 1130. The van der Waals surface area contributed by atoms with Crippen molar-refractivity contribution in [2.45, 2.75) is 74.8 Å². The summed E-state index contributed by atoms with van der Waals surface area (Å²) in [5.41, 5.74) is 0.0824. The molecule has 1 unspecified atom stereocenters. The van der Waals surface area contributed by atoms with E-state index in [4.69, 9.17) is 19.3 Å². The van der Waals surface area contributed by atoms with Crippen LogP contribution in [0.4, 0.5) is 0 Å². The first-order chi connectivity index (χ1) is 16.6. The van der Waals surface area contributed by atoms with Gasteiger partial charge < -0.3 is 34.3 Å². The topological polar surface area (TPSA) is 149 Å². The van der Waals surface area contributed by atoms with Crippen molar-refractivity contribution in [3.8, 4) is 11.5 Å². The highest BCUT2D eigenvalue weighted by Gasteiger charge is 2.71. The van der Waals surface area contributed by atoms with Crippen LogP contribution in [0.25, 0.3) is 0 Å². The van der Waals surface area contributed by atoms with Gasteiger partial charge in [-0.15, -0.1) is 0 Å². The number of aliphatic hydroxyl groups is 2. The second-order valence-electron chi connectivity index (χ2n) is 9.74. The van der Waals surface area contributed by atoms with E-state index in [0.717, 1.165) is 37.3 Å². The minimum Gasteiger partial charge on any atom is -0.493 e. The van der Waals surface area contributed by atoms with Crippen LogP contribution in [0.2, 0.25) is 0 Å². The summed E-state index contributed by atoms with van der Waals surface area (Å²) in [5.74, 6) is -2.23. The third kappa shape index (κ3) is 3.34. The number of carbonyl (C=O) groups excluding carboxylic acids is 2. The molecule has 188 valence electrons. The Labute approximate surface area is 201 Å². The first-order valence-electron chi connectivity index (χ1n) is 11.7. The lowest BCUT2D eigenvalue weighted by Gasteiger charge is -2.59. The molecule has 1 saturated carbocycles. The van der Waals surface area contributed by atoms with E-state index in [1.807, 2.05) is 12.1 Å². The van der Waals surface area contributed by atoms with Crippen LogP contribution >= 0.6 is 0 Å². The zero-order valence-electron chi connectivity index (χ0n) is 19.5. The van der Waals surface area contributed by atoms with E-state index in [1.165, 1.54) is 7.11 Å². The van der Waals surface area contributed by atoms with Crippen LogP contribution in [-0.4, -0.2) is 64.3 Å². The molecule has 1 heterocycles. The van der Waals surface area contributed by atoms with Gasteiger partial charge in [0, 0.05) is 5.56 Å². The molecule has 10 nitrogen and oxygen atoms in total. The monoisotopic (exact) mass is 488 g/mol. The first-order valence-corrected chi connectivity index (χ1v) is 11.7. The van der Waals surface area contributed by atoms with Crippen LogP contribution in [0.1, 0.15) is 50.2 Å². The summed E-state index contributed by atoms with van der Waals surface area (Å²) in [7, 11) is 1.54. The molecule has 4 aliphatic rings. The summed E-state index contributed by atoms with van der Waals surface area (Å²) in [5, 5.41) is 31.1. The molecule has 1 fully saturated rings. The molecular weight excluding hydrogens is 460 g/mol. The smallest absolute Gasteiger partial charge is 0.344 e. The number of carboxylic acids is 1. The van der Waals surface area contributed by atoms with Crippen LogP contribution < -0.4 is 9.47 Å². The average Bonchev–Trinajstić information content (AvgIpc) is 3.15. The number of aliphatic carboxylic acids is 1. The summed E-state index contributed by atoms with van der Waals surface area (Å²) in [6, 6.07) is 3.84. The van der Waals surface area contributed by atoms with Gasteiger partial charge in [0.15, 0.2) is 29.8 Å². The van der Waals surface area contributed by atoms with Crippen molar-refractivity contribution in [2.24, 2.45) is 5.92 Å². The fourth-order valence-electron chi connectivity index (χ4n) is 6.40. The summed E-state index contributed by atoms with van der Waals surface area (Å²) in [6.07, 6.45) is 0.156. The van der Waals surface area contributed by atoms with Crippen molar-refractivity contribution in [2.75, 3.05) is 7.11 Å². The molecule has 10 heteroatoms. The molecule has 1 spiro atoms. The standard InChI is InChI=1S/C25H28O10/c1-12(22(28)29)33-18(27)11-15(26)23(30)34-17-7-9-25(31)14-4-3-8-24(25)19-13(10-14)5-6-16(32-2)20(19)35-21(17)24/h5-7,12,14-15,21,26,31H,3-4,8-11H2,1-2H3,(H,28,29)/t12-,14+,15-,21-,24?,25+/m0/s1. The van der Waals surface area contributed by atoms with Gasteiger partial charge in [0.2, 0.25) is 0 Å². The number of carboxylic acid groups (broad SMARTS) is 1. The fraction of sp³-hybridized carbons (Fsp3) is 0.560. The highest BCUT2D eigenvalue weighted by molar-refractivity contribution is 5.84. The SMILES string of the molecule is COc1ccc2c3c1O[C@H]1C(OC(=O)[C@@H](O)CC(=O)O[C@@H](C)C(=O)O)=CC[C@@]4(O)[C@H](CCCC314)C2. The molecule has 0 radical (unpaired) electrons. The lowest BCUT2D eigenvalue weighted by Crippen LogP contribution is -2.67. The van der Waals surface area contributed by atoms with Crippen molar-refractivity contribution in [1.82, 2.24) is 0 Å². The molecule has 1 aromatic rings. The van der Waals surface area contributed by atoms with Crippen molar-refractivity contribution in [3.63, 3.8) is 0 Å². The Morgan fingerprint density at radius 3 is 2.77 bits per heavy atom. The molecule has 0 aromatic heterocycles. The van der Waals surface area contributed by atoms with Gasteiger partial charge in [0.1, 0.15) is 5.76 Å². The zero-order valence-corrected chi connectivity index (χ0v) is 19.5. The fourth-order valence-corrected chi connectivity index (χ4v) is 6.40. The third-order valence-corrected chi connectivity index (χ3v) is 7.97. The number of aliphatic hydroxyl groups excluding tert-OH is 1. The molecule has 3 aliphatic carbocycles. The predicted molar refractivity (Wildman–Crippen MR) is 118 cm³/mol. The molecule has 6 atom stereocenters. The van der Waals surface area contributed by atoms with E-state index < -0.39 is 53.7 Å². The van der Waals surface area contributed by atoms with Crippen LogP contribution in [0, 0.1) is 5.92 Å². The highest BCUT2D eigenvalue weighted by atomic mass is 16.6. The van der Waals surface area contributed by atoms with Crippen LogP contribution in [0.3, 0.4) is 0 Å². The number of ether oxygens (including phenoxy) is 4. The normalized spacial score (nSPS) is 31.3. The highest BCUT2D eigenvalue weighted by Crippen LogP contribution is 2.67. The number of rotatable bonds is 7. The van der Waals surface area contributed by atoms with Crippen molar-refractivity contribution in [3.05, 3.63) is 35.1 Å².